The van der Waals surface area contributed by atoms with E-state index in [1.807, 2.05) is 6.92 Å². The number of carbonyl (C=O) groups excluding carboxylic acids is 1. The van der Waals surface area contributed by atoms with Crippen molar-refractivity contribution in [2.75, 3.05) is 13.7 Å². The van der Waals surface area contributed by atoms with Crippen LogP contribution in [0.15, 0.2) is 24.3 Å². The maximum Gasteiger partial charge on any atom is 0.337 e. The van der Waals surface area contributed by atoms with Gasteiger partial charge in [0.1, 0.15) is 0 Å². The smallest absolute Gasteiger partial charge is 0.337 e. The standard InChI is InChI=1S/C14H22N2O4S/c1-3-4-13(9-15)16-21(18,19)10-11-5-7-12(8-6-11)14(17)20-2/h5-8,13,16H,3-4,9-10,15H2,1-2H3. The van der Waals surface area contributed by atoms with Crippen LogP contribution in [0.5, 0.6) is 0 Å². The molecular weight excluding hydrogens is 292 g/mol. The topological polar surface area (TPSA) is 98.5 Å². The third kappa shape index (κ3) is 5.82. The van der Waals surface area contributed by atoms with Gasteiger partial charge in [0, 0.05) is 12.6 Å². The highest BCUT2D eigenvalue weighted by Crippen LogP contribution is 2.10. The van der Waals surface area contributed by atoms with Crippen LogP contribution in [0, 0.1) is 0 Å². The van der Waals surface area contributed by atoms with Gasteiger partial charge in [-0.2, -0.15) is 0 Å². The van der Waals surface area contributed by atoms with Crippen LogP contribution in [-0.4, -0.2) is 34.1 Å². The molecule has 21 heavy (non-hydrogen) atoms. The van der Waals surface area contributed by atoms with Crippen molar-refractivity contribution in [2.24, 2.45) is 5.73 Å². The second-order valence-corrected chi connectivity index (χ2v) is 6.54. The van der Waals surface area contributed by atoms with Crippen LogP contribution in [0.25, 0.3) is 0 Å². The monoisotopic (exact) mass is 314 g/mol. The summed E-state index contributed by atoms with van der Waals surface area (Å²) in [5, 5.41) is 0. The molecule has 0 amide bonds. The minimum Gasteiger partial charge on any atom is -0.465 e. The number of hydrogen-bond donors (Lipinski definition) is 2. The highest BCUT2D eigenvalue weighted by atomic mass is 32.2. The average molecular weight is 314 g/mol. The van der Waals surface area contributed by atoms with Crippen LogP contribution >= 0.6 is 0 Å². The van der Waals surface area contributed by atoms with Crippen molar-refractivity contribution in [1.82, 2.24) is 4.72 Å². The largest absolute Gasteiger partial charge is 0.465 e. The Bertz CT molecular complexity index is 555. The SMILES string of the molecule is CCCC(CN)NS(=O)(=O)Cc1ccc(C(=O)OC)cc1. The van der Waals surface area contributed by atoms with Crippen LogP contribution < -0.4 is 10.5 Å². The average Bonchev–Trinajstić information content (AvgIpc) is 2.46. The van der Waals surface area contributed by atoms with Gasteiger partial charge in [0.2, 0.25) is 10.0 Å². The third-order valence-electron chi connectivity index (χ3n) is 3.00. The Hall–Kier alpha value is -1.44. The Kier molecular flexibility index (Phi) is 6.80. The number of ether oxygens (including phenoxy) is 1. The van der Waals surface area contributed by atoms with Gasteiger partial charge in [-0.3, -0.25) is 0 Å². The van der Waals surface area contributed by atoms with E-state index in [4.69, 9.17) is 5.73 Å². The van der Waals surface area contributed by atoms with Gasteiger partial charge < -0.3 is 10.5 Å². The predicted octanol–water partition coefficient (Wildman–Crippen LogP) is 1.02. The first-order valence-electron chi connectivity index (χ1n) is 6.79. The van der Waals surface area contributed by atoms with Crippen molar-refractivity contribution in [3.8, 4) is 0 Å². The van der Waals surface area contributed by atoms with Crippen molar-refractivity contribution < 1.29 is 17.9 Å². The minimum atomic E-state index is -3.45. The number of esters is 1. The number of nitrogens with two attached hydrogens (primary N) is 1. The van der Waals surface area contributed by atoms with Gasteiger partial charge in [0.25, 0.3) is 0 Å². The Labute approximate surface area is 125 Å². The number of sulfonamides is 1. The molecule has 1 unspecified atom stereocenters. The van der Waals surface area contributed by atoms with Crippen molar-refractivity contribution in [3.05, 3.63) is 35.4 Å². The molecular formula is C14H22N2O4S. The molecule has 1 aromatic rings. The summed E-state index contributed by atoms with van der Waals surface area (Å²) in [6, 6.07) is 6.05. The summed E-state index contributed by atoms with van der Waals surface area (Å²) >= 11 is 0. The fourth-order valence-electron chi connectivity index (χ4n) is 1.94. The molecule has 0 aliphatic heterocycles. The quantitative estimate of drug-likeness (QED) is 0.698. The van der Waals surface area contributed by atoms with Gasteiger partial charge >= 0.3 is 5.97 Å². The molecule has 1 aromatic carbocycles. The van der Waals surface area contributed by atoms with Gasteiger partial charge in [-0.1, -0.05) is 25.5 Å². The van der Waals surface area contributed by atoms with Gasteiger partial charge in [-0.25, -0.2) is 17.9 Å². The summed E-state index contributed by atoms with van der Waals surface area (Å²) in [7, 11) is -2.16. The molecule has 0 heterocycles. The van der Waals surface area contributed by atoms with Crippen molar-refractivity contribution in [1.29, 1.82) is 0 Å². The number of rotatable bonds is 8. The lowest BCUT2D eigenvalue weighted by molar-refractivity contribution is 0.0600. The maximum absolute atomic E-state index is 12.1. The predicted molar refractivity (Wildman–Crippen MR) is 81.3 cm³/mol. The van der Waals surface area contributed by atoms with Crippen molar-refractivity contribution in [3.63, 3.8) is 0 Å². The molecule has 0 aliphatic carbocycles. The van der Waals surface area contributed by atoms with E-state index in [0.717, 1.165) is 6.42 Å². The Morgan fingerprint density at radius 1 is 1.33 bits per heavy atom. The highest BCUT2D eigenvalue weighted by Gasteiger charge is 2.17. The molecule has 0 aromatic heterocycles. The molecule has 1 rings (SSSR count). The first kappa shape index (κ1) is 17.6. The fourth-order valence-corrected chi connectivity index (χ4v) is 3.38. The molecule has 0 aliphatic rings. The zero-order chi connectivity index (χ0) is 15.9. The van der Waals surface area contributed by atoms with Gasteiger partial charge in [0.15, 0.2) is 0 Å². The second-order valence-electron chi connectivity index (χ2n) is 4.79. The highest BCUT2D eigenvalue weighted by molar-refractivity contribution is 7.88. The number of benzene rings is 1. The Morgan fingerprint density at radius 3 is 2.43 bits per heavy atom. The van der Waals surface area contributed by atoms with Crippen molar-refractivity contribution in [2.45, 2.75) is 31.6 Å². The molecule has 7 heteroatoms. The Balaban J connectivity index is 2.73. The van der Waals surface area contributed by atoms with Gasteiger partial charge in [-0.15, -0.1) is 0 Å². The molecule has 0 saturated carbocycles. The van der Waals surface area contributed by atoms with E-state index in [-0.39, 0.29) is 18.3 Å². The van der Waals surface area contributed by atoms with E-state index < -0.39 is 16.0 Å². The van der Waals surface area contributed by atoms with E-state index in [1.54, 1.807) is 24.3 Å². The van der Waals surface area contributed by atoms with Gasteiger partial charge in [-0.05, 0) is 24.1 Å². The van der Waals surface area contributed by atoms with E-state index in [1.165, 1.54) is 7.11 Å². The molecule has 6 nitrogen and oxygen atoms in total. The molecule has 118 valence electrons. The summed E-state index contributed by atoms with van der Waals surface area (Å²) in [6.07, 6.45) is 1.56. The summed E-state index contributed by atoms with van der Waals surface area (Å²) < 4.78 is 31.3. The van der Waals surface area contributed by atoms with Crippen molar-refractivity contribution >= 4 is 16.0 Å². The van der Waals surface area contributed by atoms with E-state index in [2.05, 4.69) is 9.46 Å². The molecule has 1 atom stereocenters. The lowest BCUT2D eigenvalue weighted by Crippen LogP contribution is -2.40. The first-order valence-corrected chi connectivity index (χ1v) is 8.44. The maximum atomic E-state index is 12.1. The number of hydrogen-bond acceptors (Lipinski definition) is 5. The fraction of sp³-hybridized carbons (Fsp3) is 0.500. The zero-order valence-electron chi connectivity index (χ0n) is 12.3. The number of nitrogens with one attached hydrogen (secondary N) is 1. The number of methoxy groups -OCH3 is 1. The van der Waals surface area contributed by atoms with Crippen LogP contribution in [0.4, 0.5) is 0 Å². The van der Waals surface area contributed by atoms with E-state index in [0.29, 0.717) is 17.5 Å². The van der Waals surface area contributed by atoms with Crippen LogP contribution in [-0.2, 0) is 20.5 Å². The molecule has 0 saturated heterocycles. The summed E-state index contributed by atoms with van der Waals surface area (Å²) in [4.78, 5) is 11.3. The number of carbonyl (C=O) groups is 1. The lowest BCUT2D eigenvalue weighted by Gasteiger charge is -2.16. The molecule has 0 fully saturated rings. The first-order chi connectivity index (χ1) is 9.91. The molecule has 0 bridgehead atoms. The third-order valence-corrected chi connectivity index (χ3v) is 4.41. The van der Waals surface area contributed by atoms with Crippen LogP contribution in [0.1, 0.15) is 35.7 Å². The van der Waals surface area contributed by atoms with Crippen LogP contribution in [0.3, 0.4) is 0 Å². The molecule has 0 spiro atoms. The van der Waals surface area contributed by atoms with E-state index in [9.17, 15) is 13.2 Å². The second kappa shape index (κ2) is 8.11. The zero-order valence-corrected chi connectivity index (χ0v) is 13.2. The summed E-state index contributed by atoms with van der Waals surface area (Å²) in [5.41, 5.74) is 6.54. The van der Waals surface area contributed by atoms with Crippen LogP contribution in [0.2, 0.25) is 0 Å². The van der Waals surface area contributed by atoms with Gasteiger partial charge in [0.05, 0.1) is 18.4 Å². The Morgan fingerprint density at radius 2 is 1.95 bits per heavy atom. The summed E-state index contributed by atoms with van der Waals surface area (Å²) in [6.45, 7) is 2.25. The minimum absolute atomic E-state index is 0.144. The normalized spacial score (nSPS) is 12.9. The lowest BCUT2D eigenvalue weighted by atomic mass is 10.1. The molecule has 3 N–H and O–H groups in total. The summed E-state index contributed by atoms with van der Waals surface area (Å²) in [5.74, 6) is -0.594. The molecule has 0 radical (unpaired) electrons. The van der Waals surface area contributed by atoms with E-state index >= 15 is 0 Å².